The molecule has 0 aliphatic rings. The smallest absolute Gasteiger partial charge is 0.262 e. The van der Waals surface area contributed by atoms with Crippen LogP contribution >= 0.6 is 34.8 Å². The minimum Gasteiger partial charge on any atom is -0.321 e. The van der Waals surface area contributed by atoms with E-state index in [1.165, 1.54) is 0 Å². The summed E-state index contributed by atoms with van der Waals surface area (Å²) in [5.41, 5.74) is 0.536. The van der Waals surface area contributed by atoms with E-state index in [0.29, 0.717) is 5.56 Å². The van der Waals surface area contributed by atoms with Gasteiger partial charge in [-0.2, -0.15) is 0 Å². The van der Waals surface area contributed by atoms with Crippen molar-refractivity contribution in [1.82, 2.24) is 5.32 Å². The topological polar surface area (TPSA) is 45.7 Å². The number of nitrogens with two attached hydrogens (primary N) is 1. The van der Waals surface area contributed by atoms with E-state index in [0.717, 1.165) is 0 Å². The Bertz CT molecular complexity index is 390. The Kier molecular flexibility index (Phi) is 5.73. The van der Waals surface area contributed by atoms with Crippen molar-refractivity contribution in [2.24, 2.45) is 0 Å². The lowest BCUT2D eigenvalue weighted by Crippen LogP contribution is -2.99. The molecule has 0 aliphatic heterocycles. The third-order valence-corrected chi connectivity index (χ3v) is 2.96. The molecule has 0 spiro atoms. The average molecular weight is 311 g/mol. The molecule has 0 aromatic heterocycles. The fourth-order valence-electron chi connectivity index (χ4n) is 1.44. The van der Waals surface area contributed by atoms with Gasteiger partial charge >= 0.3 is 0 Å². The van der Waals surface area contributed by atoms with Crippen LogP contribution in [-0.2, 0) is 0 Å². The molecule has 0 unspecified atom stereocenters. The molecular weight excluding hydrogens is 295 g/mol. The maximum Gasteiger partial charge on any atom is 0.262 e. The van der Waals surface area contributed by atoms with Crippen LogP contribution in [0.1, 0.15) is 24.2 Å². The van der Waals surface area contributed by atoms with Gasteiger partial charge in [-0.25, -0.2) is 0 Å². The summed E-state index contributed by atoms with van der Waals surface area (Å²) in [6.07, 6.45) is -0.629. The highest BCUT2D eigenvalue weighted by Crippen LogP contribution is 2.27. The standard InChI is InChI=1S/C12H15Cl3N2O/c1-8(2)16-11(12(13,14)15)17-10(18)9-6-4-3-5-7-9/h3-8,11,16H,1-2H3,(H,17,18)/p+1/t11-/m0/s1. The van der Waals surface area contributed by atoms with E-state index < -0.39 is 9.96 Å². The number of hydrogen-bond donors (Lipinski definition) is 2. The number of amides is 1. The fourth-order valence-corrected chi connectivity index (χ4v) is 1.82. The monoisotopic (exact) mass is 309 g/mol. The van der Waals surface area contributed by atoms with Crippen molar-refractivity contribution in [2.45, 2.75) is 29.8 Å². The fraction of sp³-hybridized carbons (Fsp3) is 0.417. The first-order valence-corrected chi connectivity index (χ1v) is 6.71. The highest BCUT2D eigenvalue weighted by atomic mass is 35.6. The second-order valence-corrected chi connectivity index (χ2v) is 6.66. The molecule has 1 aromatic rings. The third kappa shape index (κ3) is 5.02. The Labute approximate surface area is 122 Å². The molecule has 0 saturated heterocycles. The first-order chi connectivity index (χ1) is 8.30. The first-order valence-electron chi connectivity index (χ1n) is 5.58. The van der Waals surface area contributed by atoms with Gasteiger partial charge in [-0.3, -0.25) is 10.1 Å². The van der Waals surface area contributed by atoms with Gasteiger partial charge in [-0.15, -0.1) is 0 Å². The van der Waals surface area contributed by atoms with E-state index >= 15 is 0 Å². The Hall–Kier alpha value is -0.480. The lowest BCUT2D eigenvalue weighted by Gasteiger charge is -2.25. The van der Waals surface area contributed by atoms with Crippen LogP contribution in [-0.4, -0.2) is 21.9 Å². The molecule has 100 valence electrons. The molecule has 0 bridgehead atoms. The van der Waals surface area contributed by atoms with Crippen LogP contribution in [0.25, 0.3) is 0 Å². The van der Waals surface area contributed by atoms with Crippen LogP contribution < -0.4 is 10.6 Å². The molecule has 0 heterocycles. The number of halogens is 3. The van der Waals surface area contributed by atoms with E-state index in [-0.39, 0.29) is 11.9 Å². The molecule has 3 N–H and O–H groups in total. The van der Waals surface area contributed by atoms with Gasteiger partial charge in [0.15, 0.2) is 0 Å². The van der Waals surface area contributed by atoms with E-state index in [1.807, 2.05) is 19.9 Å². The molecule has 1 aromatic carbocycles. The molecule has 1 rings (SSSR count). The third-order valence-electron chi connectivity index (χ3n) is 2.25. The average Bonchev–Trinajstić information content (AvgIpc) is 2.27. The summed E-state index contributed by atoms with van der Waals surface area (Å²) >= 11 is 17.6. The van der Waals surface area contributed by atoms with E-state index in [9.17, 15) is 4.79 Å². The van der Waals surface area contributed by atoms with Gasteiger partial charge in [0, 0.05) is 5.56 Å². The lowest BCUT2D eigenvalue weighted by molar-refractivity contribution is -0.717. The SMILES string of the molecule is CC(C)[NH2+][C@@H](NC(=O)c1ccccc1)C(Cl)(Cl)Cl. The molecule has 1 atom stereocenters. The van der Waals surface area contributed by atoms with Crippen LogP contribution in [0.15, 0.2) is 30.3 Å². The zero-order chi connectivity index (χ0) is 13.8. The normalized spacial score (nSPS) is 13.4. The number of nitrogens with one attached hydrogen (secondary N) is 1. The minimum absolute atomic E-state index is 0.196. The molecular formula is C12H16Cl3N2O+. The summed E-state index contributed by atoms with van der Waals surface area (Å²) in [6.45, 7) is 3.91. The molecule has 18 heavy (non-hydrogen) atoms. The molecule has 0 fully saturated rings. The number of carbonyl (C=O) groups is 1. The quantitative estimate of drug-likeness (QED) is 0.649. The van der Waals surface area contributed by atoms with Crippen LogP contribution in [0, 0.1) is 0 Å². The number of hydrogen-bond acceptors (Lipinski definition) is 1. The van der Waals surface area contributed by atoms with Gasteiger partial charge in [0.1, 0.15) is 0 Å². The maximum absolute atomic E-state index is 12.0. The number of alkyl halides is 3. The second kappa shape index (κ2) is 6.62. The largest absolute Gasteiger partial charge is 0.321 e. The summed E-state index contributed by atoms with van der Waals surface area (Å²) in [6, 6.07) is 9.02. The summed E-state index contributed by atoms with van der Waals surface area (Å²) in [5.74, 6) is -0.260. The van der Waals surface area contributed by atoms with Gasteiger partial charge in [0.25, 0.3) is 9.70 Å². The number of carbonyl (C=O) groups excluding carboxylic acids is 1. The van der Waals surface area contributed by atoms with Gasteiger partial charge in [-0.05, 0) is 26.0 Å². The van der Waals surface area contributed by atoms with Gasteiger partial charge in [0.2, 0.25) is 6.17 Å². The minimum atomic E-state index is -1.56. The summed E-state index contributed by atoms with van der Waals surface area (Å²) in [7, 11) is 0. The van der Waals surface area contributed by atoms with Gasteiger partial charge in [-0.1, -0.05) is 53.0 Å². The van der Waals surface area contributed by atoms with E-state index in [4.69, 9.17) is 34.8 Å². The predicted octanol–water partition coefficient (Wildman–Crippen LogP) is 2.08. The van der Waals surface area contributed by atoms with Crippen molar-refractivity contribution in [3.63, 3.8) is 0 Å². The molecule has 0 saturated carbocycles. The zero-order valence-corrected chi connectivity index (χ0v) is 12.4. The lowest BCUT2D eigenvalue weighted by atomic mass is 10.2. The van der Waals surface area contributed by atoms with Gasteiger partial charge < -0.3 is 5.32 Å². The van der Waals surface area contributed by atoms with Crippen LogP contribution in [0.3, 0.4) is 0 Å². The highest BCUT2D eigenvalue weighted by molar-refractivity contribution is 6.68. The number of rotatable bonds is 4. The second-order valence-electron chi connectivity index (χ2n) is 4.30. The highest BCUT2D eigenvalue weighted by Gasteiger charge is 2.38. The van der Waals surface area contributed by atoms with Crippen molar-refractivity contribution in [2.75, 3.05) is 0 Å². The number of benzene rings is 1. The van der Waals surface area contributed by atoms with Crippen LogP contribution in [0.2, 0.25) is 0 Å². The predicted molar refractivity (Wildman–Crippen MR) is 75.0 cm³/mol. The van der Waals surface area contributed by atoms with Crippen molar-refractivity contribution < 1.29 is 10.1 Å². The summed E-state index contributed by atoms with van der Waals surface area (Å²) in [5, 5.41) is 4.51. The Morgan fingerprint density at radius 1 is 1.22 bits per heavy atom. The summed E-state index contributed by atoms with van der Waals surface area (Å²) in [4.78, 5) is 12.0. The van der Waals surface area contributed by atoms with Gasteiger partial charge in [0.05, 0.1) is 6.04 Å². The van der Waals surface area contributed by atoms with Crippen LogP contribution in [0.4, 0.5) is 0 Å². The summed E-state index contributed by atoms with van der Waals surface area (Å²) < 4.78 is -1.56. The maximum atomic E-state index is 12.0. The van der Waals surface area contributed by atoms with Crippen LogP contribution in [0.5, 0.6) is 0 Å². The molecule has 0 radical (unpaired) electrons. The number of quaternary nitrogens is 1. The van der Waals surface area contributed by atoms with Crippen molar-refractivity contribution >= 4 is 40.7 Å². The van der Waals surface area contributed by atoms with Crippen molar-refractivity contribution in [1.29, 1.82) is 0 Å². The Balaban J connectivity index is 2.75. The Morgan fingerprint density at radius 3 is 2.22 bits per heavy atom. The molecule has 3 nitrogen and oxygen atoms in total. The van der Waals surface area contributed by atoms with E-state index in [2.05, 4.69) is 5.32 Å². The van der Waals surface area contributed by atoms with Crippen molar-refractivity contribution in [3.05, 3.63) is 35.9 Å². The zero-order valence-electron chi connectivity index (χ0n) is 10.2. The molecule has 1 amide bonds. The molecule has 0 aliphatic carbocycles. The Morgan fingerprint density at radius 2 is 1.78 bits per heavy atom. The van der Waals surface area contributed by atoms with E-state index in [1.54, 1.807) is 29.6 Å². The first kappa shape index (κ1) is 15.6. The molecule has 6 heteroatoms. The van der Waals surface area contributed by atoms with Crippen molar-refractivity contribution in [3.8, 4) is 0 Å².